The highest BCUT2D eigenvalue weighted by molar-refractivity contribution is 9.09. The zero-order valence-electron chi connectivity index (χ0n) is 10.9. The van der Waals surface area contributed by atoms with Crippen LogP contribution in [0.2, 0.25) is 0 Å². The molecule has 0 aromatic heterocycles. The molecule has 1 heteroatoms. The summed E-state index contributed by atoms with van der Waals surface area (Å²) < 4.78 is 0. The van der Waals surface area contributed by atoms with Crippen LogP contribution in [-0.2, 0) is 0 Å². The van der Waals surface area contributed by atoms with Crippen LogP contribution < -0.4 is 0 Å². The fourth-order valence-electron chi connectivity index (χ4n) is 2.43. The molecule has 1 atom stereocenters. The number of hydrogen-bond acceptors (Lipinski definition) is 0. The van der Waals surface area contributed by atoms with Crippen LogP contribution >= 0.6 is 15.9 Å². The predicted molar refractivity (Wildman–Crippen MR) is 72.5 cm³/mol. The van der Waals surface area contributed by atoms with Gasteiger partial charge in [0.15, 0.2) is 0 Å². The molecule has 0 aromatic rings. The summed E-state index contributed by atoms with van der Waals surface area (Å²) in [5, 5.41) is 0. The number of halogens is 1. The van der Waals surface area contributed by atoms with Gasteiger partial charge in [0.25, 0.3) is 0 Å². The van der Waals surface area contributed by atoms with Gasteiger partial charge in [0.05, 0.1) is 0 Å². The molecule has 1 aliphatic carbocycles. The van der Waals surface area contributed by atoms with Gasteiger partial charge in [0, 0.05) is 4.83 Å². The molecule has 1 unspecified atom stereocenters. The van der Waals surface area contributed by atoms with Gasteiger partial charge in [-0.2, -0.15) is 0 Å². The lowest BCUT2D eigenvalue weighted by atomic mass is 9.79. The van der Waals surface area contributed by atoms with Crippen LogP contribution in [0.4, 0.5) is 0 Å². The van der Waals surface area contributed by atoms with Gasteiger partial charge in [-0.15, -0.1) is 0 Å². The molecule has 0 radical (unpaired) electrons. The van der Waals surface area contributed by atoms with Crippen molar-refractivity contribution in [3.8, 4) is 0 Å². The molecule has 0 heterocycles. The third-order valence-electron chi connectivity index (χ3n) is 3.90. The van der Waals surface area contributed by atoms with E-state index in [-0.39, 0.29) is 0 Å². The molecule has 0 bridgehead atoms. The molecule has 0 aliphatic heterocycles. The van der Waals surface area contributed by atoms with Crippen molar-refractivity contribution < 1.29 is 0 Å². The average molecular weight is 275 g/mol. The minimum atomic E-state index is 0.419. The van der Waals surface area contributed by atoms with Gasteiger partial charge in [0.2, 0.25) is 0 Å². The van der Waals surface area contributed by atoms with Gasteiger partial charge in [0.1, 0.15) is 0 Å². The number of alkyl halides is 1. The average Bonchev–Trinajstić information content (AvgIpc) is 2.15. The zero-order chi connectivity index (χ0) is 11.5. The van der Waals surface area contributed by atoms with Crippen molar-refractivity contribution in [2.24, 2.45) is 17.3 Å². The summed E-state index contributed by atoms with van der Waals surface area (Å²) in [6.07, 6.45) is 8.67. The molecular weight excluding hydrogens is 248 g/mol. The first-order valence-electron chi connectivity index (χ1n) is 6.53. The van der Waals surface area contributed by atoms with Crippen molar-refractivity contribution >= 4 is 15.9 Å². The quantitative estimate of drug-likeness (QED) is 0.605. The van der Waals surface area contributed by atoms with E-state index in [0.717, 1.165) is 11.8 Å². The summed E-state index contributed by atoms with van der Waals surface area (Å²) in [5.41, 5.74) is 0.419. The van der Waals surface area contributed by atoms with Gasteiger partial charge in [-0.1, -0.05) is 69.3 Å². The Morgan fingerprint density at radius 3 is 2.13 bits per heavy atom. The van der Waals surface area contributed by atoms with E-state index in [9.17, 15) is 0 Å². The maximum absolute atomic E-state index is 3.84. The summed E-state index contributed by atoms with van der Waals surface area (Å²) in [4.78, 5) is 0.685. The minimum absolute atomic E-state index is 0.419. The standard InChI is InChI=1S/C14H27Br/c1-11-5-7-12(8-6-11)9-10-13(15)14(2,3)4/h11-13H,5-10H2,1-4H3. The Kier molecular flexibility index (Phi) is 5.15. The molecule has 0 N–H and O–H groups in total. The van der Waals surface area contributed by atoms with Gasteiger partial charge in [-0.25, -0.2) is 0 Å². The van der Waals surface area contributed by atoms with Crippen LogP contribution in [0.1, 0.15) is 66.2 Å². The largest absolute Gasteiger partial charge is 0.0885 e. The van der Waals surface area contributed by atoms with Crippen molar-refractivity contribution in [2.45, 2.75) is 71.0 Å². The highest BCUT2D eigenvalue weighted by atomic mass is 79.9. The molecule has 1 aliphatic rings. The first-order valence-corrected chi connectivity index (χ1v) is 7.45. The predicted octanol–water partition coefficient (Wildman–Crippen LogP) is 5.40. The van der Waals surface area contributed by atoms with Crippen molar-refractivity contribution in [1.29, 1.82) is 0 Å². The van der Waals surface area contributed by atoms with E-state index in [2.05, 4.69) is 43.6 Å². The molecule has 0 saturated heterocycles. The van der Waals surface area contributed by atoms with E-state index in [0.29, 0.717) is 10.2 Å². The summed E-state index contributed by atoms with van der Waals surface area (Å²) in [6.45, 7) is 9.39. The minimum Gasteiger partial charge on any atom is -0.0885 e. The van der Waals surface area contributed by atoms with Crippen molar-refractivity contribution in [1.82, 2.24) is 0 Å². The molecule has 0 amide bonds. The zero-order valence-corrected chi connectivity index (χ0v) is 12.4. The fraction of sp³-hybridized carbons (Fsp3) is 1.00. The molecule has 1 rings (SSSR count). The molecule has 0 spiro atoms. The lowest BCUT2D eigenvalue weighted by Crippen LogP contribution is -2.22. The molecule has 1 saturated carbocycles. The first-order chi connectivity index (χ1) is 6.89. The molecule has 15 heavy (non-hydrogen) atoms. The van der Waals surface area contributed by atoms with Gasteiger partial charge < -0.3 is 0 Å². The second kappa shape index (κ2) is 5.70. The normalized spacial score (nSPS) is 30.2. The number of hydrogen-bond donors (Lipinski definition) is 0. The lowest BCUT2D eigenvalue weighted by molar-refractivity contribution is 0.261. The van der Waals surface area contributed by atoms with Crippen molar-refractivity contribution in [2.75, 3.05) is 0 Å². The third-order valence-corrected chi connectivity index (χ3v) is 5.73. The van der Waals surface area contributed by atoms with Crippen LogP contribution in [0.5, 0.6) is 0 Å². The van der Waals surface area contributed by atoms with Gasteiger partial charge in [-0.05, 0) is 30.1 Å². The van der Waals surface area contributed by atoms with Gasteiger partial charge >= 0.3 is 0 Å². The molecule has 1 fully saturated rings. The summed E-state index contributed by atoms with van der Waals surface area (Å²) >= 11 is 3.84. The van der Waals surface area contributed by atoms with Crippen LogP contribution in [0.3, 0.4) is 0 Å². The molecular formula is C14H27Br. The van der Waals surface area contributed by atoms with E-state index in [1.165, 1.54) is 38.5 Å². The fourth-order valence-corrected chi connectivity index (χ4v) is 2.70. The van der Waals surface area contributed by atoms with Crippen molar-refractivity contribution in [3.63, 3.8) is 0 Å². The van der Waals surface area contributed by atoms with E-state index in [4.69, 9.17) is 0 Å². The van der Waals surface area contributed by atoms with Crippen molar-refractivity contribution in [3.05, 3.63) is 0 Å². The Bertz CT molecular complexity index is 172. The first kappa shape index (κ1) is 13.5. The monoisotopic (exact) mass is 274 g/mol. The van der Waals surface area contributed by atoms with E-state index < -0.39 is 0 Å². The van der Waals surface area contributed by atoms with E-state index in [1.807, 2.05) is 0 Å². The maximum atomic E-state index is 3.84. The second-order valence-corrected chi connectivity index (χ2v) is 7.64. The Morgan fingerprint density at radius 1 is 1.13 bits per heavy atom. The molecule has 0 nitrogen and oxygen atoms in total. The number of rotatable bonds is 3. The van der Waals surface area contributed by atoms with Crippen LogP contribution in [0.25, 0.3) is 0 Å². The van der Waals surface area contributed by atoms with Crippen LogP contribution in [0, 0.1) is 17.3 Å². The lowest BCUT2D eigenvalue weighted by Gasteiger charge is -2.30. The molecule has 90 valence electrons. The smallest absolute Gasteiger partial charge is 0.0194 e. The summed E-state index contributed by atoms with van der Waals surface area (Å²) in [5.74, 6) is 2.01. The maximum Gasteiger partial charge on any atom is 0.0194 e. The SMILES string of the molecule is CC1CCC(CCC(Br)C(C)(C)C)CC1. The highest BCUT2D eigenvalue weighted by Crippen LogP contribution is 2.35. The van der Waals surface area contributed by atoms with E-state index >= 15 is 0 Å². The van der Waals surface area contributed by atoms with Crippen LogP contribution in [0.15, 0.2) is 0 Å². The Balaban J connectivity index is 2.20. The van der Waals surface area contributed by atoms with E-state index in [1.54, 1.807) is 0 Å². The topological polar surface area (TPSA) is 0 Å². The Hall–Kier alpha value is 0.480. The highest BCUT2D eigenvalue weighted by Gasteiger charge is 2.24. The second-order valence-electron chi connectivity index (χ2n) is 6.54. The summed E-state index contributed by atoms with van der Waals surface area (Å²) in [6, 6.07) is 0. The third kappa shape index (κ3) is 4.89. The molecule has 0 aromatic carbocycles. The van der Waals surface area contributed by atoms with Gasteiger partial charge in [-0.3, -0.25) is 0 Å². The Labute approximate surface area is 104 Å². The van der Waals surface area contributed by atoms with Crippen LogP contribution in [-0.4, -0.2) is 4.83 Å². The Morgan fingerprint density at radius 2 is 1.67 bits per heavy atom. The summed E-state index contributed by atoms with van der Waals surface area (Å²) in [7, 11) is 0.